The van der Waals surface area contributed by atoms with Crippen molar-refractivity contribution in [3.63, 3.8) is 0 Å². The maximum atomic E-state index is 12.6. The lowest BCUT2D eigenvalue weighted by Crippen LogP contribution is -2.14. The van der Waals surface area contributed by atoms with Gasteiger partial charge in [0, 0.05) is 5.56 Å². The molecule has 1 aromatic heterocycles. The Morgan fingerprint density at radius 2 is 1.70 bits per heavy atom. The van der Waals surface area contributed by atoms with E-state index in [2.05, 4.69) is 10.3 Å². The number of esters is 1. The van der Waals surface area contributed by atoms with Gasteiger partial charge in [0.05, 0.1) is 28.8 Å². The Hall–Kier alpha value is -3.25. The quantitative estimate of drug-likeness (QED) is 0.589. The lowest BCUT2D eigenvalue weighted by Gasteiger charge is -2.06. The van der Waals surface area contributed by atoms with Gasteiger partial charge in [-0.2, -0.15) is 13.2 Å². The first-order valence-electron chi connectivity index (χ1n) is 8.42. The Morgan fingerprint density at radius 3 is 2.27 bits per heavy atom. The number of rotatable bonds is 6. The van der Waals surface area contributed by atoms with Crippen molar-refractivity contribution in [1.82, 2.24) is 15.0 Å². The molecule has 0 aliphatic carbocycles. The highest BCUT2D eigenvalue weighted by molar-refractivity contribution is 7.89. The average molecular weight is 440 g/mol. The van der Waals surface area contributed by atoms with Crippen LogP contribution in [0.5, 0.6) is 0 Å². The first-order chi connectivity index (χ1) is 14.0. The zero-order valence-electron chi connectivity index (χ0n) is 15.2. The fraction of sp³-hybridized carbons (Fsp3) is 0.167. The Labute approximate surface area is 169 Å². The van der Waals surface area contributed by atoms with Crippen molar-refractivity contribution in [1.29, 1.82) is 0 Å². The number of nitrogens with two attached hydrogens (primary N) is 1. The molecule has 0 aliphatic heterocycles. The number of alkyl halides is 3. The Balaban J connectivity index is 1.56. The number of carbonyl (C=O) groups excluding carboxylic acids is 1. The molecule has 0 radical (unpaired) electrons. The van der Waals surface area contributed by atoms with Crippen LogP contribution in [0.1, 0.15) is 15.9 Å². The van der Waals surface area contributed by atoms with Crippen LogP contribution in [-0.4, -0.2) is 36.0 Å². The van der Waals surface area contributed by atoms with Crippen LogP contribution < -0.4 is 5.14 Å². The molecule has 0 unspecified atom stereocenters. The molecule has 0 saturated heterocycles. The number of ether oxygens (including phenoxy) is 1. The van der Waals surface area contributed by atoms with E-state index >= 15 is 0 Å². The van der Waals surface area contributed by atoms with Gasteiger partial charge in [0.2, 0.25) is 10.0 Å². The standard InChI is InChI=1S/C18H15F3N4O4S/c19-18(20,21)14-5-1-12(2-6-14)16-11-25(24-23-16)9-10-29-17(26)13-3-7-15(8-4-13)30(22,27)28/h1-8,11H,9-10H2,(H2,22,27,28). The molecule has 158 valence electrons. The van der Waals surface area contributed by atoms with Crippen molar-refractivity contribution in [2.75, 3.05) is 6.61 Å². The lowest BCUT2D eigenvalue weighted by atomic mass is 10.1. The predicted molar refractivity (Wildman–Crippen MR) is 98.6 cm³/mol. The van der Waals surface area contributed by atoms with Crippen molar-refractivity contribution >= 4 is 16.0 Å². The summed E-state index contributed by atoms with van der Waals surface area (Å²) in [6.45, 7) is 0.111. The largest absolute Gasteiger partial charge is 0.460 e. The van der Waals surface area contributed by atoms with Gasteiger partial charge in [-0.05, 0) is 36.4 Å². The summed E-state index contributed by atoms with van der Waals surface area (Å²) in [7, 11) is -3.85. The van der Waals surface area contributed by atoms with Crippen molar-refractivity contribution in [2.24, 2.45) is 5.14 Å². The first kappa shape index (κ1) is 21.5. The predicted octanol–water partition coefficient (Wildman–Crippen LogP) is 2.47. The van der Waals surface area contributed by atoms with E-state index in [0.717, 1.165) is 12.1 Å². The molecule has 3 rings (SSSR count). The van der Waals surface area contributed by atoms with Crippen LogP contribution in [0, 0.1) is 0 Å². The first-order valence-corrected chi connectivity index (χ1v) is 9.96. The Bertz CT molecular complexity index is 1140. The fourth-order valence-electron chi connectivity index (χ4n) is 2.47. The van der Waals surface area contributed by atoms with E-state index in [0.29, 0.717) is 11.3 Å². The minimum absolute atomic E-state index is 0.0500. The highest BCUT2D eigenvalue weighted by Gasteiger charge is 2.30. The number of sulfonamides is 1. The second-order valence-electron chi connectivity index (χ2n) is 6.15. The maximum Gasteiger partial charge on any atom is 0.416 e. The number of benzene rings is 2. The van der Waals surface area contributed by atoms with Gasteiger partial charge in [0.25, 0.3) is 0 Å². The molecule has 12 heteroatoms. The molecular weight excluding hydrogens is 425 g/mol. The molecule has 30 heavy (non-hydrogen) atoms. The molecule has 0 fully saturated rings. The second-order valence-corrected chi connectivity index (χ2v) is 7.71. The van der Waals surface area contributed by atoms with Crippen LogP contribution in [0.3, 0.4) is 0 Å². The van der Waals surface area contributed by atoms with Crippen LogP contribution in [0.4, 0.5) is 13.2 Å². The lowest BCUT2D eigenvalue weighted by molar-refractivity contribution is -0.137. The molecule has 8 nitrogen and oxygen atoms in total. The smallest absolute Gasteiger partial charge is 0.416 e. The molecule has 0 atom stereocenters. The molecule has 0 spiro atoms. The topological polar surface area (TPSA) is 117 Å². The molecule has 2 N–H and O–H groups in total. The van der Waals surface area contributed by atoms with E-state index in [-0.39, 0.29) is 23.6 Å². The Morgan fingerprint density at radius 1 is 1.07 bits per heavy atom. The van der Waals surface area contributed by atoms with E-state index in [1.165, 1.54) is 47.3 Å². The molecule has 0 amide bonds. The van der Waals surface area contributed by atoms with Crippen LogP contribution in [0.2, 0.25) is 0 Å². The summed E-state index contributed by atoms with van der Waals surface area (Å²) in [4.78, 5) is 11.9. The normalized spacial score (nSPS) is 12.0. The van der Waals surface area contributed by atoms with Gasteiger partial charge in [-0.1, -0.05) is 17.3 Å². The number of halogens is 3. The Kier molecular flexibility index (Phi) is 5.89. The van der Waals surface area contributed by atoms with Gasteiger partial charge in [-0.3, -0.25) is 0 Å². The zero-order valence-corrected chi connectivity index (χ0v) is 16.0. The number of primary sulfonamides is 1. The van der Waals surface area contributed by atoms with Crippen molar-refractivity contribution < 1.29 is 31.1 Å². The average Bonchev–Trinajstić information content (AvgIpc) is 3.16. The third-order valence-electron chi connectivity index (χ3n) is 4.02. The SMILES string of the molecule is NS(=O)(=O)c1ccc(C(=O)OCCn2cc(-c3ccc(C(F)(F)F)cc3)nn2)cc1. The summed E-state index contributed by atoms with van der Waals surface area (Å²) in [6.07, 6.45) is -2.91. The molecule has 1 heterocycles. The van der Waals surface area contributed by atoms with Crippen LogP contribution in [0.15, 0.2) is 59.6 Å². The maximum absolute atomic E-state index is 12.6. The third-order valence-corrected chi connectivity index (χ3v) is 4.95. The molecule has 0 bridgehead atoms. The van der Waals surface area contributed by atoms with Crippen LogP contribution in [0.25, 0.3) is 11.3 Å². The van der Waals surface area contributed by atoms with Gasteiger partial charge < -0.3 is 4.74 Å². The van der Waals surface area contributed by atoms with E-state index in [9.17, 15) is 26.4 Å². The second kappa shape index (κ2) is 8.24. The van der Waals surface area contributed by atoms with Gasteiger partial charge in [0.1, 0.15) is 12.3 Å². The van der Waals surface area contributed by atoms with E-state index in [1.54, 1.807) is 0 Å². The van der Waals surface area contributed by atoms with Crippen molar-refractivity contribution in [3.05, 3.63) is 65.9 Å². The fourth-order valence-corrected chi connectivity index (χ4v) is 2.98. The van der Waals surface area contributed by atoms with Gasteiger partial charge >= 0.3 is 12.1 Å². The number of hydrogen-bond donors (Lipinski definition) is 1. The van der Waals surface area contributed by atoms with Gasteiger partial charge in [-0.15, -0.1) is 5.10 Å². The van der Waals surface area contributed by atoms with Crippen molar-refractivity contribution in [3.8, 4) is 11.3 Å². The highest BCUT2D eigenvalue weighted by atomic mass is 32.2. The van der Waals surface area contributed by atoms with Crippen LogP contribution >= 0.6 is 0 Å². The van der Waals surface area contributed by atoms with Crippen LogP contribution in [-0.2, 0) is 27.5 Å². The molecule has 0 saturated carbocycles. The summed E-state index contributed by atoms with van der Waals surface area (Å²) >= 11 is 0. The number of nitrogens with zero attached hydrogens (tertiary/aromatic N) is 3. The van der Waals surface area contributed by atoms with E-state index < -0.39 is 27.7 Å². The monoisotopic (exact) mass is 440 g/mol. The highest BCUT2D eigenvalue weighted by Crippen LogP contribution is 2.30. The minimum Gasteiger partial charge on any atom is -0.460 e. The minimum atomic E-state index is -4.42. The summed E-state index contributed by atoms with van der Waals surface area (Å²) in [5.41, 5.74) is 0.212. The summed E-state index contributed by atoms with van der Waals surface area (Å²) in [6, 6.07) is 9.44. The zero-order chi connectivity index (χ0) is 21.9. The number of hydrogen-bond acceptors (Lipinski definition) is 6. The molecular formula is C18H15F3N4O4S. The molecule has 2 aromatic carbocycles. The summed E-state index contributed by atoms with van der Waals surface area (Å²) in [5, 5.41) is 12.7. The molecule has 0 aliphatic rings. The van der Waals surface area contributed by atoms with E-state index in [1.807, 2.05) is 0 Å². The molecule has 3 aromatic rings. The third kappa shape index (κ3) is 5.21. The number of carbonyl (C=O) groups is 1. The summed E-state index contributed by atoms with van der Waals surface area (Å²) < 4.78 is 66.7. The summed E-state index contributed by atoms with van der Waals surface area (Å²) in [5.74, 6) is -0.668. The van der Waals surface area contributed by atoms with Crippen molar-refractivity contribution in [2.45, 2.75) is 17.6 Å². The van der Waals surface area contributed by atoms with Gasteiger partial charge in [-0.25, -0.2) is 23.0 Å². The van der Waals surface area contributed by atoms with Gasteiger partial charge in [0.15, 0.2) is 0 Å². The number of aromatic nitrogens is 3. The van der Waals surface area contributed by atoms with E-state index in [4.69, 9.17) is 9.88 Å².